The Morgan fingerprint density at radius 3 is 2.30 bits per heavy atom. The van der Waals surface area contributed by atoms with E-state index in [0.717, 1.165) is 47.3 Å². The number of esters is 1. The van der Waals surface area contributed by atoms with Crippen molar-refractivity contribution >= 4 is 23.8 Å². The van der Waals surface area contributed by atoms with Crippen molar-refractivity contribution in [3.8, 4) is 0 Å². The average Bonchev–Trinajstić information content (AvgIpc) is 3.03. The number of thioether (sulfide) groups is 1. The molecule has 228 valence electrons. The summed E-state index contributed by atoms with van der Waals surface area (Å²) in [4.78, 5) is 30.2. The summed E-state index contributed by atoms with van der Waals surface area (Å²) < 4.78 is 12.2. The van der Waals surface area contributed by atoms with E-state index in [1.54, 1.807) is 4.90 Å². The lowest BCUT2D eigenvalue weighted by molar-refractivity contribution is -0.179. The molecule has 1 saturated carbocycles. The Balaban J connectivity index is 1.41. The highest BCUT2D eigenvalue weighted by Gasteiger charge is 2.50. The molecular weight excluding hydrogens is 558 g/mol. The van der Waals surface area contributed by atoms with Crippen LogP contribution in [0.4, 0.5) is 4.79 Å². The first kappa shape index (κ1) is 31.1. The van der Waals surface area contributed by atoms with E-state index in [1.165, 1.54) is 18.2 Å². The molecule has 1 saturated heterocycles. The molecule has 2 aliphatic rings. The molecule has 3 aromatic carbocycles. The van der Waals surface area contributed by atoms with Crippen LogP contribution in [-0.2, 0) is 26.5 Å². The predicted octanol–water partition coefficient (Wildman–Crippen LogP) is 7.69. The van der Waals surface area contributed by atoms with Crippen LogP contribution in [0.15, 0.2) is 89.8 Å². The number of benzene rings is 3. The Kier molecular flexibility index (Phi) is 10.5. The van der Waals surface area contributed by atoms with Gasteiger partial charge in [0.1, 0.15) is 11.9 Å². The van der Waals surface area contributed by atoms with E-state index in [9.17, 15) is 14.7 Å². The fraction of sp³-hybridized carbons (Fsp3) is 0.444. The monoisotopic (exact) mass is 601 g/mol. The van der Waals surface area contributed by atoms with Gasteiger partial charge in [0.05, 0.1) is 12.6 Å². The van der Waals surface area contributed by atoms with Gasteiger partial charge in [0.2, 0.25) is 0 Å². The Morgan fingerprint density at radius 1 is 0.977 bits per heavy atom. The van der Waals surface area contributed by atoms with Gasteiger partial charge in [0.25, 0.3) is 0 Å². The lowest BCUT2D eigenvalue weighted by Crippen LogP contribution is -2.55. The Labute approximate surface area is 259 Å². The van der Waals surface area contributed by atoms with Gasteiger partial charge < -0.3 is 19.5 Å². The third-order valence-electron chi connectivity index (χ3n) is 8.62. The van der Waals surface area contributed by atoms with E-state index < -0.39 is 29.0 Å². The number of amides is 1. The minimum atomic E-state index is -1.20. The van der Waals surface area contributed by atoms with E-state index in [0.29, 0.717) is 12.5 Å². The molecule has 43 heavy (non-hydrogen) atoms. The van der Waals surface area contributed by atoms with Crippen LogP contribution in [0.1, 0.15) is 75.0 Å². The van der Waals surface area contributed by atoms with Crippen LogP contribution in [0.2, 0.25) is 0 Å². The van der Waals surface area contributed by atoms with Crippen LogP contribution in [0.3, 0.4) is 0 Å². The van der Waals surface area contributed by atoms with Crippen LogP contribution in [-0.4, -0.2) is 46.5 Å². The minimum absolute atomic E-state index is 0.115. The maximum absolute atomic E-state index is 13.8. The number of rotatable bonds is 10. The number of ether oxygens (including phenoxy) is 2. The molecule has 0 aromatic heterocycles. The number of aliphatic hydroxyl groups excluding tert-OH is 1. The number of cyclic esters (lactones) is 1. The van der Waals surface area contributed by atoms with Gasteiger partial charge in [-0.15, -0.1) is 11.8 Å². The largest absolute Gasteiger partial charge is 0.451 e. The van der Waals surface area contributed by atoms with Crippen molar-refractivity contribution in [1.82, 2.24) is 4.90 Å². The highest BCUT2D eigenvalue weighted by atomic mass is 32.2. The van der Waals surface area contributed by atoms with Gasteiger partial charge in [-0.1, -0.05) is 112 Å². The molecule has 0 bridgehead atoms. The zero-order valence-electron chi connectivity index (χ0n) is 25.2. The molecule has 1 N–H and O–H groups in total. The summed E-state index contributed by atoms with van der Waals surface area (Å²) >= 11 is 1.36. The van der Waals surface area contributed by atoms with Crippen LogP contribution in [0, 0.1) is 5.92 Å². The summed E-state index contributed by atoms with van der Waals surface area (Å²) in [6.45, 7) is 5.04. The summed E-state index contributed by atoms with van der Waals surface area (Å²) in [7, 11) is 0. The zero-order chi connectivity index (χ0) is 30.2. The molecule has 1 heterocycles. The van der Waals surface area contributed by atoms with Crippen molar-refractivity contribution < 1.29 is 24.2 Å². The summed E-state index contributed by atoms with van der Waals surface area (Å²) in [6, 6.07) is 27.2. The number of carbonyl (C=O) groups excluding carboxylic acids is 2. The smallest absolute Gasteiger partial charge is 0.410 e. The second-order valence-corrected chi connectivity index (χ2v) is 13.4. The van der Waals surface area contributed by atoms with Crippen LogP contribution >= 0.6 is 11.8 Å². The molecule has 2 fully saturated rings. The van der Waals surface area contributed by atoms with Crippen molar-refractivity contribution in [2.75, 3.05) is 13.1 Å². The van der Waals surface area contributed by atoms with Crippen molar-refractivity contribution in [2.24, 2.45) is 5.92 Å². The molecule has 0 spiro atoms. The second kappa shape index (κ2) is 14.5. The summed E-state index contributed by atoms with van der Waals surface area (Å²) in [5.74, 6) is 0.159. The first-order valence-electron chi connectivity index (χ1n) is 15.5. The molecule has 3 atom stereocenters. The summed E-state index contributed by atoms with van der Waals surface area (Å²) in [5, 5.41) is 10.8. The topological polar surface area (TPSA) is 76.1 Å². The third kappa shape index (κ3) is 7.81. The summed E-state index contributed by atoms with van der Waals surface area (Å²) in [5.41, 5.74) is 1.60. The molecular formula is C36H43NO5S. The molecule has 7 heteroatoms. The van der Waals surface area contributed by atoms with Crippen molar-refractivity contribution in [3.05, 3.63) is 102 Å². The third-order valence-corrected chi connectivity index (χ3v) is 10.0. The fourth-order valence-electron chi connectivity index (χ4n) is 6.33. The molecule has 0 radical (unpaired) electrons. The Hall–Kier alpha value is -3.29. The van der Waals surface area contributed by atoms with Gasteiger partial charge in [-0.3, -0.25) is 4.79 Å². The Bertz CT molecular complexity index is 1340. The van der Waals surface area contributed by atoms with Gasteiger partial charge in [0, 0.05) is 17.9 Å². The van der Waals surface area contributed by atoms with E-state index in [2.05, 4.69) is 19.9 Å². The summed E-state index contributed by atoms with van der Waals surface area (Å²) in [6.07, 6.45) is 4.39. The maximum atomic E-state index is 13.8. The minimum Gasteiger partial charge on any atom is -0.451 e. The van der Waals surface area contributed by atoms with Crippen molar-refractivity contribution in [1.29, 1.82) is 0 Å². The first-order chi connectivity index (χ1) is 20.8. The lowest BCUT2D eigenvalue weighted by atomic mass is 9.83. The van der Waals surface area contributed by atoms with Gasteiger partial charge in [-0.25, -0.2) is 4.79 Å². The number of hydrogen-bond acceptors (Lipinski definition) is 6. The maximum Gasteiger partial charge on any atom is 0.410 e. The normalized spacial score (nSPS) is 22.7. The van der Waals surface area contributed by atoms with Gasteiger partial charge >= 0.3 is 12.1 Å². The standard InChI is InChI=1S/C36H43NO5S/c1-26(2)30-20-12-13-21-32(30)43-33-31(38)22-36(42-34(33)39,29-18-10-5-11-19-29)25-37(23-27-14-6-3-7-15-27)35(40)41-24-28-16-8-4-9-17-28/h4-5,8-13,16-21,26-27,31,33,38H,3,6-7,14-15,22-25H2,1-2H3. The van der Waals surface area contributed by atoms with Crippen LogP contribution in [0.25, 0.3) is 0 Å². The van der Waals surface area contributed by atoms with E-state index in [4.69, 9.17) is 9.47 Å². The molecule has 5 rings (SSSR count). The van der Waals surface area contributed by atoms with Crippen LogP contribution in [0.5, 0.6) is 0 Å². The molecule has 1 amide bonds. The fourth-order valence-corrected chi connectivity index (χ4v) is 7.60. The SMILES string of the molecule is CC(C)c1ccccc1SC1C(=O)OC(CN(CC2CCCCC2)C(=O)OCc2ccccc2)(c2ccccc2)CC1O. The van der Waals surface area contributed by atoms with Crippen molar-refractivity contribution in [3.63, 3.8) is 0 Å². The predicted molar refractivity (Wildman–Crippen MR) is 170 cm³/mol. The zero-order valence-corrected chi connectivity index (χ0v) is 26.0. The molecule has 1 aliphatic heterocycles. The van der Waals surface area contributed by atoms with Gasteiger partial charge in [-0.05, 0) is 47.4 Å². The number of nitrogens with zero attached hydrogens (tertiary/aromatic N) is 1. The quantitative estimate of drug-likeness (QED) is 0.240. The van der Waals surface area contributed by atoms with E-state index in [-0.39, 0.29) is 25.5 Å². The first-order valence-corrected chi connectivity index (χ1v) is 16.4. The average molecular weight is 602 g/mol. The number of hydrogen-bond donors (Lipinski definition) is 1. The second-order valence-electron chi connectivity index (χ2n) is 12.2. The Morgan fingerprint density at radius 2 is 1.63 bits per heavy atom. The van der Waals surface area contributed by atoms with E-state index in [1.807, 2.05) is 78.9 Å². The van der Waals surface area contributed by atoms with Gasteiger partial charge in [0.15, 0.2) is 5.60 Å². The van der Waals surface area contributed by atoms with Crippen molar-refractivity contribution in [2.45, 2.75) is 86.7 Å². The van der Waals surface area contributed by atoms with Gasteiger partial charge in [-0.2, -0.15) is 0 Å². The van der Waals surface area contributed by atoms with Crippen LogP contribution < -0.4 is 0 Å². The highest BCUT2D eigenvalue weighted by Crippen LogP contribution is 2.43. The highest BCUT2D eigenvalue weighted by molar-refractivity contribution is 8.00. The molecule has 3 unspecified atom stereocenters. The lowest BCUT2D eigenvalue weighted by Gasteiger charge is -2.44. The van der Waals surface area contributed by atoms with E-state index >= 15 is 0 Å². The molecule has 6 nitrogen and oxygen atoms in total. The number of aliphatic hydroxyl groups is 1. The number of carbonyl (C=O) groups is 2. The molecule has 3 aromatic rings. The molecule has 1 aliphatic carbocycles.